The summed E-state index contributed by atoms with van der Waals surface area (Å²) in [5, 5.41) is 1.58. The van der Waals surface area contributed by atoms with E-state index in [-0.39, 0.29) is 18.3 Å². The van der Waals surface area contributed by atoms with E-state index < -0.39 is 5.97 Å². The average molecular weight is 424 g/mol. The summed E-state index contributed by atoms with van der Waals surface area (Å²) in [6.45, 7) is 3.74. The zero-order valence-corrected chi connectivity index (χ0v) is 17.7. The summed E-state index contributed by atoms with van der Waals surface area (Å²) >= 11 is 1.68. The number of aryl methyl sites for hydroxylation is 1. The van der Waals surface area contributed by atoms with E-state index >= 15 is 0 Å². The van der Waals surface area contributed by atoms with Crippen LogP contribution in [-0.2, 0) is 11.5 Å². The van der Waals surface area contributed by atoms with Gasteiger partial charge in [-0.15, -0.1) is 0 Å². The lowest BCUT2D eigenvalue weighted by Gasteiger charge is -2.29. The van der Waals surface area contributed by atoms with Crippen molar-refractivity contribution in [2.75, 3.05) is 13.1 Å². The molecule has 0 atom stereocenters. The number of esters is 1. The molecule has 7 heteroatoms. The lowest BCUT2D eigenvalue weighted by atomic mass is 10.1. The molecule has 0 unspecified atom stereocenters. The van der Waals surface area contributed by atoms with Gasteiger partial charge in [-0.2, -0.15) is 0 Å². The van der Waals surface area contributed by atoms with E-state index in [2.05, 4.69) is 4.31 Å². The van der Waals surface area contributed by atoms with Crippen LogP contribution in [0, 0.1) is 6.92 Å². The highest BCUT2D eigenvalue weighted by Gasteiger charge is 2.19. The molecule has 156 valence electrons. The molecule has 1 saturated heterocycles. The van der Waals surface area contributed by atoms with E-state index in [4.69, 9.17) is 10.5 Å². The molecule has 4 rings (SSSR count). The summed E-state index contributed by atoms with van der Waals surface area (Å²) in [7, 11) is 0. The first-order chi connectivity index (χ1) is 14.5. The summed E-state index contributed by atoms with van der Waals surface area (Å²) in [6, 6.07) is 14.8. The van der Waals surface area contributed by atoms with Gasteiger partial charge in [-0.05, 0) is 61.5 Å². The Morgan fingerprint density at radius 2 is 1.87 bits per heavy atom. The van der Waals surface area contributed by atoms with Crippen molar-refractivity contribution < 1.29 is 9.53 Å². The van der Waals surface area contributed by atoms with Gasteiger partial charge in [0.2, 0.25) is 0 Å². The normalized spacial score (nSPS) is 15.4. The van der Waals surface area contributed by atoms with Gasteiger partial charge in [-0.3, -0.25) is 9.36 Å². The Morgan fingerprint density at radius 3 is 2.60 bits per heavy atom. The first-order valence-corrected chi connectivity index (χ1v) is 10.8. The number of carbonyl (C=O) groups excluding carboxylic acids is 1. The van der Waals surface area contributed by atoms with Gasteiger partial charge in [0.1, 0.15) is 0 Å². The molecule has 1 aromatic heterocycles. The van der Waals surface area contributed by atoms with Gasteiger partial charge in [0, 0.05) is 41.0 Å². The van der Waals surface area contributed by atoms with Crippen molar-refractivity contribution in [2.45, 2.75) is 37.4 Å². The van der Waals surface area contributed by atoms with Crippen LogP contribution in [0.4, 0.5) is 0 Å². The number of carbonyl (C=O) groups is 1. The molecule has 0 saturated carbocycles. The number of rotatable bonds is 5. The molecule has 30 heavy (non-hydrogen) atoms. The van der Waals surface area contributed by atoms with Crippen LogP contribution < -0.4 is 11.3 Å². The smallest absolute Gasteiger partial charge is 0.339 e. The summed E-state index contributed by atoms with van der Waals surface area (Å²) in [5.41, 5.74) is 7.28. The molecule has 2 aromatic carbocycles. The molecule has 1 fully saturated rings. The number of fused-ring (bicyclic) bond motifs is 1. The largest absolute Gasteiger partial charge is 0.440 e. The molecule has 1 aliphatic rings. The maximum Gasteiger partial charge on any atom is 0.339 e. The molecule has 0 amide bonds. The molecule has 2 N–H and O–H groups in total. The average Bonchev–Trinajstić information content (AvgIpc) is 2.77. The third kappa shape index (κ3) is 4.43. The molecule has 1 aliphatic heterocycles. The van der Waals surface area contributed by atoms with Crippen molar-refractivity contribution in [3.63, 3.8) is 0 Å². The van der Waals surface area contributed by atoms with Gasteiger partial charge in [-0.1, -0.05) is 24.3 Å². The molecule has 3 aromatic rings. The monoisotopic (exact) mass is 423 g/mol. The molecular formula is C23H25N3O3S. The van der Waals surface area contributed by atoms with Crippen molar-refractivity contribution in [3.05, 3.63) is 76.2 Å². The Balaban J connectivity index is 1.57. The fraction of sp³-hybridized carbons (Fsp3) is 0.304. The molecule has 2 heterocycles. The van der Waals surface area contributed by atoms with Crippen LogP contribution in [-0.4, -0.2) is 34.0 Å². The van der Waals surface area contributed by atoms with Crippen LogP contribution in [0.5, 0.6) is 0 Å². The second kappa shape index (κ2) is 9.04. The summed E-state index contributed by atoms with van der Waals surface area (Å²) in [6.07, 6.45) is 3.73. The number of pyridine rings is 1. The van der Waals surface area contributed by atoms with Crippen molar-refractivity contribution >= 4 is 28.7 Å². The second-order valence-electron chi connectivity index (χ2n) is 7.55. The number of ether oxygens (including phenoxy) is 1. The van der Waals surface area contributed by atoms with Crippen LogP contribution in [0.1, 0.15) is 28.8 Å². The maximum absolute atomic E-state index is 13.0. The maximum atomic E-state index is 13.0. The van der Waals surface area contributed by atoms with E-state index in [9.17, 15) is 9.59 Å². The van der Waals surface area contributed by atoms with Crippen molar-refractivity contribution in [1.82, 2.24) is 8.87 Å². The first kappa shape index (κ1) is 20.7. The Hall–Kier alpha value is -2.61. The van der Waals surface area contributed by atoms with Crippen LogP contribution >= 0.6 is 11.9 Å². The highest BCUT2D eigenvalue weighted by Crippen LogP contribution is 2.32. The number of hydrogen-bond donors (Lipinski definition) is 1. The van der Waals surface area contributed by atoms with E-state index in [0.29, 0.717) is 10.9 Å². The van der Waals surface area contributed by atoms with Crippen LogP contribution in [0.2, 0.25) is 0 Å². The number of nitrogens with zero attached hydrogens (tertiary/aromatic N) is 2. The highest BCUT2D eigenvalue weighted by atomic mass is 32.2. The predicted molar refractivity (Wildman–Crippen MR) is 119 cm³/mol. The minimum Gasteiger partial charge on any atom is -0.440 e. The molecule has 0 bridgehead atoms. The molecular weight excluding hydrogens is 398 g/mol. The molecule has 0 aliphatic carbocycles. The van der Waals surface area contributed by atoms with Crippen LogP contribution in [0.3, 0.4) is 0 Å². The van der Waals surface area contributed by atoms with E-state index in [1.807, 2.05) is 31.2 Å². The lowest BCUT2D eigenvalue weighted by Crippen LogP contribution is -2.36. The number of piperidine rings is 1. The first-order valence-electron chi connectivity index (χ1n) is 10.1. The van der Waals surface area contributed by atoms with E-state index in [1.165, 1.54) is 4.57 Å². The Labute approximate surface area is 179 Å². The Bertz CT molecular complexity index is 1110. The Kier molecular flexibility index (Phi) is 6.22. The predicted octanol–water partition coefficient (Wildman–Crippen LogP) is 3.55. The Morgan fingerprint density at radius 1 is 1.13 bits per heavy atom. The van der Waals surface area contributed by atoms with Crippen molar-refractivity contribution in [3.8, 4) is 0 Å². The summed E-state index contributed by atoms with van der Waals surface area (Å²) in [4.78, 5) is 26.3. The minimum atomic E-state index is -0.451. The third-order valence-corrected chi connectivity index (χ3v) is 6.49. The highest BCUT2D eigenvalue weighted by molar-refractivity contribution is 7.97. The number of aromatic nitrogens is 1. The summed E-state index contributed by atoms with van der Waals surface area (Å²) in [5.74, 6) is -0.451. The van der Waals surface area contributed by atoms with Crippen molar-refractivity contribution in [2.24, 2.45) is 5.73 Å². The molecule has 6 nitrogen and oxygen atoms in total. The van der Waals surface area contributed by atoms with Gasteiger partial charge in [-0.25, -0.2) is 9.10 Å². The van der Waals surface area contributed by atoms with Gasteiger partial charge in [0.15, 0.2) is 6.73 Å². The SMILES string of the molecule is Cc1cn(COC(=O)c2ccccc2)c(=O)c2cccc(SN3CCC(N)CC3)c12. The minimum absolute atomic E-state index is 0.120. The fourth-order valence-electron chi connectivity index (χ4n) is 3.69. The molecule has 0 radical (unpaired) electrons. The number of hydrogen-bond acceptors (Lipinski definition) is 6. The quantitative estimate of drug-likeness (QED) is 0.500. The zero-order valence-electron chi connectivity index (χ0n) is 16.9. The van der Waals surface area contributed by atoms with Crippen LogP contribution in [0.15, 0.2) is 64.4 Å². The number of nitrogens with two attached hydrogens (primary N) is 1. The lowest BCUT2D eigenvalue weighted by molar-refractivity contribution is 0.0366. The van der Waals surface area contributed by atoms with E-state index in [1.54, 1.807) is 42.4 Å². The topological polar surface area (TPSA) is 77.6 Å². The van der Waals surface area contributed by atoms with Gasteiger partial charge in [0.05, 0.1) is 5.56 Å². The van der Waals surface area contributed by atoms with Gasteiger partial charge < -0.3 is 10.5 Å². The van der Waals surface area contributed by atoms with Gasteiger partial charge in [0.25, 0.3) is 5.56 Å². The third-order valence-electron chi connectivity index (χ3n) is 5.33. The zero-order chi connectivity index (χ0) is 21.1. The fourth-order valence-corrected chi connectivity index (χ4v) is 4.86. The number of benzene rings is 2. The van der Waals surface area contributed by atoms with E-state index in [0.717, 1.165) is 41.8 Å². The standard InChI is InChI=1S/C23H25N3O3S/c1-16-14-25(15-29-23(28)17-6-3-2-4-7-17)22(27)19-8-5-9-20(21(16)19)30-26-12-10-18(24)11-13-26/h2-9,14,18H,10-13,15,24H2,1H3. The second-order valence-corrected chi connectivity index (χ2v) is 8.69. The summed E-state index contributed by atoms with van der Waals surface area (Å²) < 4.78 is 9.12. The van der Waals surface area contributed by atoms with Crippen LogP contribution in [0.25, 0.3) is 10.8 Å². The van der Waals surface area contributed by atoms with Crippen molar-refractivity contribution in [1.29, 1.82) is 0 Å². The van der Waals surface area contributed by atoms with Gasteiger partial charge >= 0.3 is 5.97 Å². The molecule has 0 spiro atoms.